The number of hydrazine groups is 1. The van der Waals surface area contributed by atoms with Crippen LogP contribution in [-0.2, 0) is 9.53 Å². The SMILES string of the molecule is CNC(=S)NNC(=O)C(c1cccc([N+](=O)[O-])c1)C1CN(C(=O)OC(C)(C)C)C1. The fraction of sp³-hybridized carbons (Fsp3) is 0.500. The highest BCUT2D eigenvalue weighted by Crippen LogP contribution is 2.34. The summed E-state index contributed by atoms with van der Waals surface area (Å²) in [7, 11) is 1.60. The molecule has 2 amide bonds. The molecule has 11 heteroatoms. The Labute approximate surface area is 174 Å². The van der Waals surface area contributed by atoms with Gasteiger partial charge in [0, 0.05) is 38.2 Å². The molecule has 1 aromatic rings. The fourth-order valence-electron chi connectivity index (χ4n) is 2.93. The van der Waals surface area contributed by atoms with Gasteiger partial charge in [-0.1, -0.05) is 12.1 Å². The molecular weight excluding hydrogens is 398 g/mol. The largest absolute Gasteiger partial charge is 0.444 e. The van der Waals surface area contributed by atoms with E-state index in [2.05, 4.69) is 16.2 Å². The maximum absolute atomic E-state index is 12.8. The predicted octanol–water partition coefficient (Wildman–Crippen LogP) is 1.67. The lowest BCUT2D eigenvalue weighted by molar-refractivity contribution is -0.384. The molecule has 1 atom stereocenters. The number of carbonyl (C=O) groups excluding carboxylic acids is 2. The minimum Gasteiger partial charge on any atom is -0.444 e. The highest BCUT2D eigenvalue weighted by molar-refractivity contribution is 7.80. The molecule has 0 saturated carbocycles. The van der Waals surface area contributed by atoms with E-state index in [1.54, 1.807) is 33.9 Å². The number of ether oxygens (including phenoxy) is 1. The van der Waals surface area contributed by atoms with Gasteiger partial charge in [-0.3, -0.25) is 25.8 Å². The van der Waals surface area contributed by atoms with E-state index in [0.717, 1.165) is 0 Å². The fourth-order valence-corrected chi connectivity index (χ4v) is 2.98. The van der Waals surface area contributed by atoms with Gasteiger partial charge in [0.1, 0.15) is 5.60 Å². The van der Waals surface area contributed by atoms with Crippen LogP contribution < -0.4 is 16.2 Å². The smallest absolute Gasteiger partial charge is 0.410 e. The minimum absolute atomic E-state index is 0.109. The summed E-state index contributed by atoms with van der Waals surface area (Å²) in [5.74, 6) is -1.34. The van der Waals surface area contributed by atoms with Crippen molar-refractivity contribution in [1.82, 2.24) is 21.1 Å². The Morgan fingerprint density at radius 3 is 2.52 bits per heavy atom. The normalized spacial score (nSPS) is 15.0. The van der Waals surface area contributed by atoms with Gasteiger partial charge in [0.15, 0.2) is 5.11 Å². The number of nitro groups is 1. The van der Waals surface area contributed by atoms with E-state index in [1.165, 1.54) is 23.1 Å². The molecule has 1 aliphatic rings. The summed E-state index contributed by atoms with van der Waals surface area (Å²) in [6.07, 6.45) is -0.457. The summed E-state index contributed by atoms with van der Waals surface area (Å²) in [6, 6.07) is 5.92. The number of nitrogens with one attached hydrogen (secondary N) is 3. The van der Waals surface area contributed by atoms with Crippen LogP contribution >= 0.6 is 12.2 Å². The van der Waals surface area contributed by atoms with Crippen LogP contribution in [0.4, 0.5) is 10.5 Å². The Hall–Kier alpha value is -2.95. The molecule has 0 bridgehead atoms. The maximum Gasteiger partial charge on any atom is 0.410 e. The maximum atomic E-state index is 12.8. The molecule has 2 rings (SSSR count). The number of nitro benzene ring substituents is 1. The summed E-state index contributed by atoms with van der Waals surface area (Å²) in [4.78, 5) is 37.1. The Balaban J connectivity index is 2.17. The summed E-state index contributed by atoms with van der Waals surface area (Å²) >= 11 is 4.95. The van der Waals surface area contributed by atoms with Crippen LogP contribution in [-0.4, -0.2) is 52.7 Å². The van der Waals surface area contributed by atoms with Crippen LogP contribution in [0.15, 0.2) is 24.3 Å². The third kappa shape index (κ3) is 6.01. The van der Waals surface area contributed by atoms with Crippen LogP contribution in [0.5, 0.6) is 0 Å². The van der Waals surface area contributed by atoms with Crippen LogP contribution in [0.3, 0.4) is 0 Å². The molecule has 1 saturated heterocycles. The molecule has 3 N–H and O–H groups in total. The summed E-state index contributed by atoms with van der Waals surface area (Å²) in [5.41, 5.74) is 4.84. The number of likely N-dealkylation sites (tertiary alicyclic amines) is 1. The van der Waals surface area contributed by atoms with E-state index in [9.17, 15) is 19.7 Å². The zero-order valence-corrected chi connectivity index (χ0v) is 17.5. The summed E-state index contributed by atoms with van der Waals surface area (Å²) in [6.45, 7) is 5.92. The predicted molar refractivity (Wildman–Crippen MR) is 110 cm³/mol. The van der Waals surface area contributed by atoms with Gasteiger partial charge in [0.2, 0.25) is 5.91 Å². The van der Waals surface area contributed by atoms with E-state index >= 15 is 0 Å². The number of hydrogen-bond donors (Lipinski definition) is 3. The van der Waals surface area contributed by atoms with Crippen LogP contribution in [0.2, 0.25) is 0 Å². The molecule has 0 spiro atoms. The van der Waals surface area contributed by atoms with Crippen molar-refractivity contribution in [3.63, 3.8) is 0 Å². The van der Waals surface area contributed by atoms with Crippen LogP contribution in [0.1, 0.15) is 32.3 Å². The molecular formula is C18H25N5O5S. The van der Waals surface area contributed by atoms with Crippen molar-refractivity contribution in [2.24, 2.45) is 5.92 Å². The number of benzene rings is 1. The molecule has 1 fully saturated rings. The molecule has 1 unspecified atom stereocenters. The molecule has 158 valence electrons. The monoisotopic (exact) mass is 423 g/mol. The first-order valence-corrected chi connectivity index (χ1v) is 9.42. The molecule has 0 aliphatic carbocycles. The number of thiocarbonyl (C=S) groups is 1. The van der Waals surface area contributed by atoms with Crippen LogP contribution in [0.25, 0.3) is 0 Å². The third-order valence-corrected chi connectivity index (χ3v) is 4.59. The van der Waals surface area contributed by atoms with Crippen molar-refractivity contribution in [3.05, 3.63) is 39.9 Å². The third-order valence-electron chi connectivity index (χ3n) is 4.28. The lowest BCUT2D eigenvalue weighted by atomic mass is 9.80. The topological polar surface area (TPSA) is 126 Å². The van der Waals surface area contributed by atoms with Crippen molar-refractivity contribution >= 4 is 35.0 Å². The van der Waals surface area contributed by atoms with Crippen LogP contribution in [0, 0.1) is 16.0 Å². The minimum atomic E-state index is -0.708. The number of hydrogen-bond acceptors (Lipinski definition) is 6. The molecule has 10 nitrogen and oxygen atoms in total. The second-order valence-electron chi connectivity index (χ2n) is 7.67. The van der Waals surface area contributed by atoms with Crippen molar-refractivity contribution in [1.29, 1.82) is 0 Å². The first kappa shape index (κ1) is 22.3. The quantitative estimate of drug-likeness (QED) is 0.379. The summed E-state index contributed by atoms with van der Waals surface area (Å²) in [5, 5.41) is 14.0. The number of rotatable bonds is 4. The van der Waals surface area contributed by atoms with E-state index in [-0.39, 0.29) is 16.7 Å². The number of non-ortho nitro benzene ring substituents is 1. The zero-order chi connectivity index (χ0) is 21.8. The van der Waals surface area contributed by atoms with Gasteiger partial charge in [-0.2, -0.15) is 0 Å². The first-order chi connectivity index (χ1) is 13.5. The van der Waals surface area contributed by atoms with Gasteiger partial charge >= 0.3 is 6.09 Å². The van der Waals surface area contributed by atoms with Gasteiger partial charge in [0.25, 0.3) is 5.69 Å². The van der Waals surface area contributed by atoms with Gasteiger partial charge in [0.05, 0.1) is 10.8 Å². The van der Waals surface area contributed by atoms with Gasteiger partial charge in [-0.05, 0) is 38.6 Å². The van der Waals surface area contributed by atoms with E-state index in [0.29, 0.717) is 18.7 Å². The summed E-state index contributed by atoms with van der Waals surface area (Å²) < 4.78 is 5.34. The molecule has 29 heavy (non-hydrogen) atoms. The van der Waals surface area contributed by atoms with Crippen molar-refractivity contribution in [3.8, 4) is 0 Å². The number of nitrogens with zero attached hydrogens (tertiary/aromatic N) is 2. The molecule has 0 radical (unpaired) electrons. The van der Waals surface area contributed by atoms with E-state index in [1.807, 2.05) is 0 Å². The molecule has 0 aromatic heterocycles. The van der Waals surface area contributed by atoms with Crippen molar-refractivity contribution in [2.75, 3.05) is 20.1 Å². The molecule has 1 aromatic carbocycles. The van der Waals surface area contributed by atoms with Gasteiger partial charge in [-0.25, -0.2) is 4.79 Å². The first-order valence-electron chi connectivity index (χ1n) is 9.01. The Bertz CT molecular complexity index is 804. The lowest BCUT2D eigenvalue weighted by Crippen LogP contribution is -2.57. The standard InChI is InChI=1S/C18H25N5O5S/c1-18(2,3)28-17(25)22-9-12(10-22)14(15(24)20-21-16(29)19-4)11-6-5-7-13(8-11)23(26)27/h5-8,12,14H,9-10H2,1-4H3,(H,20,24)(H2,19,21,29). The Morgan fingerprint density at radius 1 is 1.31 bits per heavy atom. The number of carbonyl (C=O) groups is 2. The average molecular weight is 423 g/mol. The van der Waals surface area contributed by atoms with Gasteiger partial charge < -0.3 is 15.0 Å². The van der Waals surface area contributed by atoms with Gasteiger partial charge in [-0.15, -0.1) is 0 Å². The average Bonchev–Trinajstić information content (AvgIpc) is 2.60. The molecule has 1 aliphatic heterocycles. The highest BCUT2D eigenvalue weighted by Gasteiger charge is 2.42. The number of amides is 2. The van der Waals surface area contributed by atoms with E-state index in [4.69, 9.17) is 17.0 Å². The highest BCUT2D eigenvalue weighted by atomic mass is 32.1. The zero-order valence-electron chi connectivity index (χ0n) is 16.7. The second-order valence-corrected chi connectivity index (χ2v) is 8.08. The Kier molecular flexibility index (Phi) is 6.96. The van der Waals surface area contributed by atoms with Crippen molar-refractivity contribution in [2.45, 2.75) is 32.3 Å². The Morgan fingerprint density at radius 2 is 1.97 bits per heavy atom. The second kappa shape index (κ2) is 9.03. The molecule has 1 heterocycles. The van der Waals surface area contributed by atoms with E-state index < -0.39 is 28.4 Å². The lowest BCUT2D eigenvalue weighted by Gasteiger charge is -2.43. The van der Waals surface area contributed by atoms with Crippen molar-refractivity contribution < 1.29 is 19.2 Å².